The fourth-order valence-electron chi connectivity index (χ4n) is 4.06. The van der Waals surface area contributed by atoms with Crippen molar-refractivity contribution in [3.8, 4) is 0 Å². The minimum atomic E-state index is -0.187. The third kappa shape index (κ3) is 4.88. The van der Waals surface area contributed by atoms with Gasteiger partial charge in [-0.25, -0.2) is 4.68 Å². The van der Waals surface area contributed by atoms with Gasteiger partial charge in [0.15, 0.2) is 5.82 Å². The zero-order chi connectivity index (χ0) is 23.6. The van der Waals surface area contributed by atoms with Gasteiger partial charge in [-0.1, -0.05) is 49.4 Å². The Hall–Kier alpha value is -3.32. The highest BCUT2D eigenvalue weighted by atomic mass is 16.1. The highest BCUT2D eigenvalue weighted by Gasteiger charge is 2.25. The molecule has 1 N–H and O–H groups in total. The molecule has 7 nitrogen and oxygen atoms in total. The van der Waals surface area contributed by atoms with Crippen LogP contribution in [0.2, 0.25) is 0 Å². The molecule has 0 aliphatic carbocycles. The Morgan fingerprint density at radius 3 is 2.52 bits per heavy atom. The van der Waals surface area contributed by atoms with Crippen molar-refractivity contribution in [1.29, 1.82) is 0 Å². The van der Waals surface area contributed by atoms with E-state index < -0.39 is 0 Å². The molecule has 0 aliphatic heterocycles. The van der Waals surface area contributed by atoms with E-state index in [0.717, 1.165) is 34.3 Å². The summed E-state index contributed by atoms with van der Waals surface area (Å²) in [6.07, 6.45) is 0.910. The van der Waals surface area contributed by atoms with Crippen molar-refractivity contribution < 1.29 is 0 Å². The average molecular weight is 445 g/mol. The van der Waals surface area contributed by atoms with E-state index in [0.29, 0.717) is 19.6 Å². The summed E-state index contributed by atoms with van der Waals surface area (Å²) >= 11 is 0. The third-order valence-corrected chi connectivity index (χ3v) is 6.61. The molecule has 0 bridgehead atoms. The average Bonchev–Trinajstić information content (AvgIpc) is 3.27. The minimum absolute atomic E-state index is 0.0530. The number of nitrogens with one attached hydrogen (secondary N) is 1. The van der Waals surface area contributed by atoms with Gasteiger partial charge >= 0.3 is 0 Å². The molecule has 172 valence electrons. The van der Waals surface area contributed by atoms with Gasteiger partial charge in [0.25, 0.3) is 5.56 Å². The van der Waals surface area contributed by atoms with Crippen molar-refractivity contribution in [2.24, 2.45) is 0 Å². The molecule has 2 aromatic heterocycles. The summed E-state index contributed by atoms with van der Waals surface area (Å²) in [5, 5.41) is 13.6. The van der Waals surface area contributed by atoms with Crippen LogP contribution in [0.4, 0.5) is 0 Å². The largest absolute Gasteiger partial charge is 0.321 e. The van der Waals surface area contributed by atoms with E-state index in [-0.39, 0.29) is 11.1 Å². The second kappa shape index (κ2) is 9.27. The monoisotopic (exact) mass is 444 g/mol. The van der Waals surface area contributed by atoms with Gasteiger partial charge in [0.1, 0.15) is 0 Å². The molecule has 0 aliphatic rings. The Morgan fingerprint density at radius 1 is 1.03 bits per heavy atom. The SMILES string of the molecule is CCC(C)(C)n1nnnc1CN(Cc1ccccc1)Cc1cc2ccc(C)c(C)c2[nH]c1=O. The molecule has 0 radical (unpaired) electrons. The summed E-state index contributed by atoms with van der Waals surface area (Å²) in [4.78, 5) is 18.4. The number of benzene rings is 2. The van der Waals surface area contributed by atoms with E-state index in [2.05, 4.69) is 77.4 Å². The van der Waals surface area contributed by atoms with Crippen LogP contribution in [-0.4, -0.2) is 30.1 Å². The Morgan fingerprint density at radius 2 is 1.79 bits per heavy atom. The minimum Gasteiger partial charge on any atom is -0.321 e. The molecular weight excluding hydrogens is 412 g/mol. The number of aryl methyl sites for hydroxylation is 2. The number of hydrogen-bond acceptors (Lipinski definition) is 5. The van der Waals surface area contributed by atoms with E-state index in [9.17, 15) is 4.79 Å². The van der Waals surface area contributed by atoms with Gasteiger partial charge in [-0.2, -0.15) is 0 Å². The van der Waals surface area contributed by atoms with Gasteiger partial charge < -0.3 is 4.98 Å². The van der Waals surface area contributed by atoms with Crippen LogP contribution in [0, 0.1) is 13.8 Å². The first-order chi connectivity index (χ1) is 15.8. The lowest BCUT2D eigenvalue weighted by molar-refractivity contribution is 0.217. The van der Waals surface area contributed by atoms with E-state index in [4.69, 9.17) is 0 Å². The van der Waals surface area contributed by atoms with Gasteiger partial charge in [-0.15, -0.1) is 5.10 Å². The molecule has 4 aromatic rings. The molecule has 0 saturated carbocycles. The first-order valence-electron chi connectivity index (χ1n) is 11.4. The van der Waals surface area contributed by atoms with Gasteiger partial charge in [-0.05, 0) is 72.7 Å². The maximum atomic E-state index is 13.0. The first kappa shape index (κ1) is 22.9. The molecule has 0 atom stereocenters. The number of tetrazole rings is 1. The summed E-state index contributed by atoms with van der Waals surface area (Å²) in [6.45, 7) is 12.2. The number of nitrogens with zero attached hydrogens (tertiary/aromatic N) is 5. The van der Waals surface area contributed by atoms with Crippen molar-refractivity contribution in [2.75, 3.05) is 0 Å². The Balaban J connectivity index is 1.69. The number of aromatic amines is 1. The molecule has 0 saturated heterocycles. The fourth-order valence-corrected chi connectivity index (χ4v) is 4.06. The van der Waals surface area contributed by atoms with Crippen LogP contribution < -0.4 is 5.56 Å². The van der Waals surface area contributed by atoms with Crippen LogP contribution >= 0.6 is 0 Å². The molecule has 2 heterocycles. The molecule has 0 amide bonds. The summed E-state index contributed by atoms with van der Waals surface area (Å²) in [6, 6.07) is 16.5. The van der Waals surface area contributed by atoms with Crippen molar-refractivity contribution in [3.63, 3.8) is 0 Å². The number of rotatable bonds is 8. The summed E-state index contributed by atoms with van der Waals surface area (Å²) in [5.41, 5.74) is 4.85. The molecule has 4 rings (SSSR count). The lowest BCUT2D eigenvalue weighted by atomic mass is 10.0. The highest BCUT2D eigenvalue weighted by Crippen LogP contribution is 2.22. The van der Waals surface area contributed by atoms with Gasteiger partial charge in [0, 0.05) is 18.7 Å². The summed E-state index contributed by atoms with van der Waals surface area (Å²) in [7, 11) is 0. The lowest BCUT2D eigenvalue weighted by Gasteiger charge is -2.27. The van der Waals surface area contributed by atoms with E-state index in [1.54, 1.807) is 0 Å². The number of pyridine rings is 1. The van der Waals surface area contributed by atoms with Crippen LogP contribution in [-0.2, 0) is 25.2 Å². The van der Waals surface area contributed by atoms with E-state index >= 15 is 0 Å². The molecule has 0 unspecified atom stereocenters. The summed E-state index contributed by atoms with van der Waals surface area (Å²) in [5.74, 6) is 0.793. The quantitative estimate of drug-likeness (QED) is 0.433. The molecule has 33 heavy (non-hydrogen) atoms. The molecule has 2 aromatic carbocycles. The number of aromatic nitrogens is 5. The topological polar surface area (TPSA) is 79.7 Å². The second-order valence-electron chi connectivity index (χ2n) is 9.40. The van der Waals surface area contributed by atoms with E-state index in [1.165, 1.54) is 11.1 Å². The van der Waals surface area contributed by atoms with Crippen LogP contribution in [0.3, 0.4) is 0 Å². The summed E-state index contributed by atoms with van der Waals surface area (Å²) < 4.78 is 1.90. The first-order valence-corrected chi connectivity index (χ1v) is 11.4. The van der Waals surface area contributed by atoms with Crippen molar-refractivity contribution in [1.82, 2.24) is 30.1 Å². The lowest BCUT2D eigenvalue weighted by Crippen LogP contribution is -2.32. The Kier molecular flexibility index (Phi) is 6.42. The maximum Gasteiger partial charge on any atom is 0.252 e. The zero-order valence-electron chi connectivity index (χ0n) is 20.1. The fraction of sp³-hybridized carbons (Fsp3) is 0.385. The van der Waals surface area contributed by atoms with E-state index in [1.807, 2.05) is 35.9 Å². The molecule has 7 heteroatoms. The number of H-pyrrole nitrogens is 1. The molecule has 0 spiro atoms. The predicted octanol–water partition coefficient (Wildman–Crippen LogP) is 4.48. The van der Waals surface area contributed by atoms with Crippen LogP contribution in [0.5, 0.6) is 0 Å². The standard InChI is InChI=1S/C26H32N6O/c1-6-26(4,5)32-23(28-29-30-32)17-31(15-20-10-8-7-9-11-20)16-22-14-21-13-12-18(2)19(3)24(21)27-25(22)33/h7-14H,6,15-17H2,1-5H3,(H,27,33). The number of fused-ring (bicyclic) bond motifs is 1. The maximum absolute atomic E-state index is 13.0. The third-order valence-electron chi connectivity index (χ3n) is 6.61. The van der Waals surface area contributed by atoms with Gasteiger partial charge in [0.05, 0.1) is 17.6 Å². The van der Waals surface area contributed by atoms with Crippen molar-refractivity contribution in [3.05, 3.63) is 87.0 Å². The molecule has 0 fully saturated rings. The van der Waals surface area contributed by atoms with Gasteiger partial charge in [0.2, 0.25) is 0 Å². The van der Waals surface area contributed by atoms with Crippen molar-refractivity contribution in [2.45, 2.75) is 66.2 Å². The van der Waals surface area contributed by atoms with Crippen LogP contribution in [0.25, 0.3) is 10.9 Å². The molecular formula is C26H32N6O. The second-order valence-corrected chi connectivity index (χ2v) is 9.40. The zero-order valence-corrected chi connectivity index (χ0v) is 20.1. The smallest absolute Gasteiger partial charge is 0.252 e. The van der Waals surface area contributed by atoms with Crippen LogP contribution in [0.15, 0.2) is 53.3 Å². The highest BCUT2D eigenvalue weighted by molar-refractivity contribution is 5.83. The van der Waals surface area contributed by atoms with Gasteiger partial charge in [-0.3, -0.25) is 9.69 Å². The Bertz CT molecular complexity index is 1310. The van der Waals surface area contributed by atoms with Crippen LogP contribution in [0.1, 0.15) is 55.3 Å². The Labute approximate surface area is 194 Å². The predicted molar refractivity (Wildman–Crippen MR) is 131 cm³/mol. The number of hydrogen-bond donors (Lipinski definition) is 1. The van der Waals surface area contributed by atoms with Crippen molar-refractivity contribution >= 4 is 10.9 Å². The normalized spacial score (nSPS) is 12.1.